The minimum Gasteiger partial charge on any atom is -0.507 e. The normalized spacial score (nSPS) is 23.5. The minimum absolute atomic E-state index is 0.231. The maximum atomic E-state index is 10.1. The van der Waals surface area contributed by atoms with E-state index < -0.39 is 0 Å². The van der Waals surface area contributed by atoms with Crippen LogP contribution in [0.2, 0.25) is 0 Å². The molecule has 2 atom stereocenters. The summed E-state index contributed by atoms with van der Waals surface area (Å²) in [5.74, 6) is 1.13. The van der Waals surface area contributed by atoms with E-state index in [4.69, 9.17) is 4.74 Å². The Morgan fingerprint density at radius 3 is 2.74 bits per heavy atom. The molecule has 2 aliphatic heterocycles. The number of hydrogen-bond donors (Lipinski definition) is 1. The van der Waals surface area contributed by atoms with Crippen molar-refractivity contribution in [3.8, 4) is 17.0 Å². The average Bonchev–Trinajstić information content (AvgIpc) is 2.67. The molecule has 0 saturated carbocycles. The lowest BCUT2D eigenvalue weighted by Crippen LogP contribution is -2.61. The molecule has 144 valence electrons. The number of para-hydroxylation sites is 1. The highest BCUT2D eigenvalue weighted by Crippen LogP contribution is 2.32. The van der Waals surface area contributed by atoms with Gasteiger partial charge < -0.3 is 14.7 Å². The summed E-state index contributed by atoms with van der Waals surface area (Å²) in [6, 6.07) is 10.2. The van der Waals surface area contributed by atoms with Crippen molar-refractivity contribution in [3.05, 3.63) is 35.9 Å². The van der Waals surface area contributed by atoms with Crippen molar-refractivity contribution in [2.45, 2.75) is 45.4 Å². The van der Waals surface area contributed by atoms with Gasteiger partial charge in [0.2, 0.25) is 0 Å². The van der Waals surface area contributed by atoms with Crippen molar-refractivity contribution >= 4 is 5.82 Å². The van der Waals surface area contributed by atoms with Crippen LogP contribution < -0.4 is 4.90 Å². The highest BCUT2D eigenvalue weighted by molar-refractivity contribution is 5.70. The number of nitrogens with zero attached hydrogens (tertiary/aromatic N) is 4. The number of aryl methyl sites for hydroxylation is 1. The van der Waals surface area contributed by atoms with Gasteiger partial charge in [-0.25, -0.2) is 0 Å². The maximum Gasteiger partial charge on any atom is 0.152 e. The molecule has 6 heteroatoms. The maximum absolute atomic E-state index is 10.1. The molecule has 1 aromatic carbocycles. The Morgan fingerprint density at radius 1 is 1.19 bits per heavy atom. The number of aromatic nitrogens is 2. The van der Waals surface area contributed by atoms with Crippen molar-refractivity contribution in [1.82, 2.24) is 15.1 Å². The number of hydrogen-bond acceptors (Lipinski definition) is 6. The predicted molar refractivity (Wildman–Crippen MR) is 106 cm³/mol. The quantitative estimate of drug-likeness (QED) is 0.899. The van der Waals surface area contributed by atoms with Crippen molar-refractivity contribution in [3.63, 3.8) is 0 Å². The number of fused-ring (bicyclic) bond motifs is 1. The number of piperidine rings is 1. The molecule has 3 heterocycles. The van der Waals surface area contributed by atoms with Gasteiger partial charge in [-0.05, 0) is 51.0 Å². The van der Waals surface area contributed by atoms with Gasteiger partial charge in [0.25, 0.3) is 0 Å². The van der Waals surface area contributed by atoms with Crippen molar-refractivity contribution in [1.29, 1.82) is 0 Å². The van der Waals surface area contributed by atoms with E-state index in [2.05, 4.69) is 39.9 Å². The first kappa shape index (κ1) is 18.2. The minimum atomic E-state index is 0.231. The van der Waals surface area contributed by atoms with Crippen LogP contribution in [0.25, 0.3) is 11.3 Å². The number of anilines is 1. The molecule has 0 amide bonds. The van der Waals surface area contributed by atoms with Gasteiger partial charge >= 0.3 is 0 Å². The zero-order chi connectivity index (χ0) is 19.0. The first-order chi connectivity index (χ1) is 13.0. The van der Waals surface area contributed by atoms with E-state index in [0.29, 0.717) is 12.1 Å². The van der Waals surface area contributed by atoms with E-state index in [0.717, 1.165) is 55.3 Å². The summed E-state index contributed by atoms with van der Waals surface area (Å²) in [5, 5.41) is 19.1. The molecule has 1 aromatic heterocycles. The molecule has 0 spiro atoms. The van der Waals surface area contributed by atoms with E-state index in [1.54, 1.807) is 6.07 Å². The van der Waals surface area contributed by atoms with Gasteiger partial charge in [-0.15, -0.1) is 10.2 Å². The SMILES string of the molecule is Cc1cc(N2CCOC3CCN(C(C)C)CC32)nnc1-c1ccccc1O. The molecule has 2 aliphatic rings. The summed E-state index contributed by atoms with van der Waals surface area (Å²) in [4.78, 5) is 4.87. The number of aromatic hydroxyl groups is 1. The van der Waals surface area contributed by atoms with Crippen LogP contribution in [0.1, 0.15) is 25.8 Å². The smallest absolute Gasteiger partial charge is 0.152 e. The predicted octanol–water partition coefficient (Wildman–Crippen LogP) is 2.85. The Kier molecular flexibility index (Phi) is 5.02. The van der Waals surface area contributed by atoms with Crippen LogP contribution in [-0.4, -0.2) is 64.6 Å². The molecule has 0 aliphatic carbocycles. The molecule has 2 saturated heterocycles. The Balaban J connectivity index is 1.62. The van der Waals surface area contributed by atoms with Crippen LogP contribution in [0.3, 0.4) is 0 Å². The second kappa shape index (κ2) is 7.44. The first-order valence-electron chi connectivity index (χ1n) is 9.79. The fourth-order valence-electron chi connectivity index (χ4n) is 4.20. The number of benzene rings is 1. The summed E-state index contributed by atoms with van der Waals surface area (Å²) < 4.78 is 6.05. The lowest BCUT2D eigenvalue weighted by Gasteiger charge is -2.48. The average molecular weight is 368 g/mol. The highest BCUT2D eigenvalue weighted by atomic mass is 16.5. The van der Waals surface area contributed by atoms with Crippen LogP contribution in [0.5, 0.6) is 5.75 Å². The summed E-state index contributed by atoms with van der Waals surface area (Å²) in [5.41, 5.74) is 2.47. The largest absolute Gasteiger partial charge is 0.507 e. The summed E-state index contributed by atoms with van der Waals surface area (Å²) in [7, 11) is 0. The lowest BCUT2D eigenvalue weighted by atomic mass is 9.97. The van der Waals surface area contributed by atoms with E-state index in [1.807, 2.05) is 25.1 Å². The Bertz CT molecular complexity index is 811. The van der Waals surface area contributed by atoms with Gasteiger partial charge in [-0.1, -0.05) is 12.1 Å². The van der Waals surface area contributed by atoms with E-state index in [-0.39, 0.29) is 11.9 Å². The summed E-state index contributed by atoms with van der Waals surface area (Å²) in [6.07, 6.45) is 1.32. The van der Waals surface area contributed by atoms with Gasteiger partial charge in [0.15, 0.2) is 5.82 Å². The van der Waals surface area contributed by atoms with Crippen LogP contribution in [0.4, 0.5) is 5.82 Å². The van der Waals surface area contributed by atoms with Crippen molar-refractivity contribution in [2.24, 2.45) is 0 Å². The third-order valence-electron chi connectivity index (χ3n) is 5.77. The number of phenols is 1. The Morgan fingerprint density at radius 2 is 2.00 bits per heavy atom. The lowest BCUT2D eigenvalue weighted by molar-refractivity contribution is -0.0346. The van der Waals surface area contributed by atoms with Gasteiger partial charge in [0.05, 0.1) is 24.4 Å². The number of morpholine rings is 1. The standard InChI is InChI=1S/C21H28N4O2/c1-14(2)24-9-8-19-17(13-24)25(10-11-27-19)20-12-15(3)21(23-22-20)16-6-4-5-7-18(16)26/h4-7,12,14,17,19,26H,8-11,13H2,1-3H3. The molecule has 2 unspecified atom stereocenters. The van der Waals surface area contributed by atoms with E-state index >= 15 is 0 Å². The molecule has 2 fully saturated rings. The van der Waals surface area contributed by atoms with Gasteiger partial charge in [0.1, 0.15) is 5.75 Å². The number of rotatable bonds is 3. The summed E-state index contributed by atoms with van der Waals surface area (Å²) in [6.45, 7) is 10.2. The topological polar surface area (TPSA) is 61.7 Å². The van der Waals surface area contributed by atoms with Crippen molar-refractivity contribution in [2.75, 3.05) is 31.1 Å². The highest BCUT2D eigenvalue weighted by Gasteiger charge is 2.38. The summed E-state index contributed by atoms with van der Waals surface area (Å²) >= 11 is 0. The Labute approximate surface area is 160 Å². The second-order valence-electron chi connectivity index (χ2n) is 7.80. The molecular formula is C21H28N4O2. The first-order valence-corrected chi connectivity index (χ1v) is 9.79. The van der Waals surface area contributed by atoms with Crippen LogP contribution in [0.15, 0.2) is 30.3 Å². The Hall–Kier alpha value is -2.18. The fourth-order valence-corrected chi connectivity index (χ4v) is 4.20. The van der Waals surface area contributed by atoms with Crippen molar-refractivity contribution < 1.29 is 9.84 Å². The monoisotopic (exact) mass is 368 g/mol. The van der Waals surface area contributed by atoms with Gasteiger partial charge in [-0.3, -0.25) is 4.90 Å². The molecule has 0 bridgehead atoms. The molecular weight excluding hydrogens is 340 g/mol. The molecule has 2 aromatic rings. The zero-order valence-electron chi connectivity index (χ0n) is 16.3. The van der Waals surface area contributed by atoms with Gasteiger partial charge in [0, 0.05) is 31.2 Å². The van der Waals surface area contributed by atoms with Crippen LogP contribution >= 0.6 is 0 Å². The fraction of sp³-hybridized carbons (Fsp3) is 0.524. The molecule has 4 rings (SSSR count). The van der Waals surface area contributed by atoms with E-state index in [1.165, 1.54) is 0 Å². The molecule has 0 radical (unpaired) electrons. The number of ether oxygens (including phenoxy) is 1. The molecule has 6 nitrogen and oxygen atoms in total. The number of phenolic OH excluding ortho intramolecular Hbond substituents is 1. The third-order valence-corrected chi connectivity index (χ3v) is 5.77. The number of likely N-dealkylation sites (tertiary alicyclic amines) is 1. The third kappa shape index (κ3) is 3.51. The molecule has 27 heavy (non-hydrogen) atoms. The van der Waals surface area contributed by atoms with E-state index in [9.17, 15) is 5.11 Å². The van der Waals surface area contributed by atoms with Gasteiger partial charge in [-0.2, -0.15) is 0 Å². The molecule has 1 N–H and O–H groups in total. The second-order valence-corrected chi connectivity index (χ2v) is 7.80. The zero-order valence-corrected chi connectivity index (χ0v) is 16.3. The van der Waals surface area contributed by atoms with Crippen LogP contribution in [-0.2, 0) is 4.74 Å². The van der Waals surface area contributed by atoms with Crippen LogP contribution in [0, 0.1) is 6.92 Å².